The SMILES string of the molecule is CCOC(=O)COc1ccc(C(C)C)cc1C1c2ccccc2CCN1C(=O)OCc1ccccc1. The summed E-state index contributed by atoms with van der Waals surface area (Å²) < 4.78 is 16.8. The van der Waals surface area contributed by atoms with Crippen LogP contribution in [-0.2, 0) is 27.3 Å². The maximum absolute atomic E-state index is 13.4. The Hall–Kier alpha value is -3.80. The summed E-state index contributed by atoms with van der Waals surface area (Å²) in [6.07, 6.45) is 0.348. The molecule has 3 aromatic carbocycles. The number of hydrogen-bond donors (Lipinski definition) is 0. The van der Waals surface area contributed by atoms with Gasteiger partial charge >= 0.3 is 12.1 Å². The Labute approximate surface area is 212 Å². The van der Waals surface area contributed by atoms with Gasteiger partial charge in [0.05, 0.1) is 12.6 Å². The second-order valence-corrected chi connectivity index (χ2v) is 9.13. The van der Waals surface area contributed by atoms with Crippen LogP contribution >= 0.6 is 0 Å². The highest BCUT2D eigenvalue weighted by atomic mass is 16.6. The number of carbonyl (C=O) groups excluding carboxylic acids is 2. The van der Waals surface area contributed by atoms with Crippen molar-refractivity contribution in [1.29, 1.82) is 0 Å². The van der Waals surface area contributed by atoms with Gasteiger partial charge in [-0.15, -0.1) is 0 Å². The first-order chi connectivity index (χ1) is 17.5. The van der Waals surface area contributed by atoms with E-state index in [2.05, 4.69) is 26.0 Å². The fourth-order valence-electron chi connectivity index (χ4n) is 4.51. The lowest BCUT2D eigenvalue weighted by Gasteiger charge is -2.37. The largest absolute Gasteiger partial charge is 0.482 e. The molecular weight excluding hydrogens is 454 g/mol. The Morgan fingerprint density at radius 1 is 0.944 bits per heavy atom. The molecule has 0 N–H and O–H groups in total. The lowest BCUT2D eigenvalue weighted by molar-refractivity contribution is -0.145. The monoisotopic (exact) mass is 487 g/mol. The summed E-state index contributed by atoms with van der Waals surface area (Å²) >= 11 is 0. The molecule has 6 nitrogen and oxygen atoms in total. The van der Waals surface area contributed by atoms with E-state index >= 15 is 0 Å². The van der Waals surface area contributed by atoms with Gasteiger partial charge in [0.25, 0.3) is 0 Å². The third kappa shape index (κ3) is 5.88. The molecular formula is C30H33NO5. The van der Waals surface area contributed by atoms with Gasteiger partial charge in [0.1, 0.15) is 12.4 Å². The molecule has 0 fully saturated rings. The molecule has 0 aliphatic carbocycles. The van der Waals surface area contributed by atoms with E-state index in [9.17, 15) is 9.59 Å². The normalized spacial score (nSPS) is 14.8. The van der Waals surface area contributed by atoms with Gasteiger partial charge in [-0.2, -0.15) is 0 Å². The molecule has 0 spiro atoms. The number of nitrogens with zero attached hydrogens (tertiary/aromatic N) is 1. The van der Waals surface area contributed by atoms with Crippen molar-refractivity contribution in [3.8, 4) is 5.75 Å². The maximum Gasteiger partial charge on any atom is 0.410 e. The molecule has 1 atom stereocenters. The van der Waals surface area contributed by atoms with Crippen molar-refractivity contribution in [3.05, 3.63) is 101 Å². The van der Waals surface area contributed by atoms with Gasteiger partial charge in [0.2, 0.25) is 0 Å². The van der Waals surface area contributed by atoms with Crippen molar-refractivity contribution >= 4 is 12.1 Å². The molecule has 0 saturated heterocycles. The number of hydrogen-bond acceptors (Lipinski definition) is 5. The van der Waals surface area contributed by atoms with E-state index in [-0.39, 0.29) is 25.2 Å². The summed E-state index contributed by atoms with van der Waals surface area (Å²) in [4.78, 5) is 27.2. The Morgan fingerprint density at radius 3 is 2.44 bits per heavy atom. The molecule has 1 amide bonds. The predicted molar refractivity (Wildman–Crippen MR) is 138 cm³/mol. The third-order valence-corrected chi connectivity index (χ3v) is 6.37. The van der Waals surface area contributed by atoms with Crippen LogP contribution in [0.5, 0.6) is 5.75 Å². The number of amides is 1. The van der Waals surface area contributed by atoms with Crippen LogP contribution in [0.15, 0.2) is 72.8 Å². The van der Waals surface area contributed by atoms with Crippen LogP contribution < -0.4 is 4.74 Å². The highest BCUT2D eigenvalue weighted by Crippen LogP contribution is 2.41. The van der Waals surface area contributed by atoms with Crippen molar-refractivity contribution in [3.63, 3.8) is 0 Å². The van der Waals surface area contributed by atoms with E-state index in [1.165, 1.54) is 5.56 Å². The minimum absolute atomic E-state index is 0.197. The molecule has 4 rings (SSSR count). The quantitative estimate of drug-likeness (QED) is 0.363. The first-order valence-electron chi connectivity index (χ1n) is 12.4. The number of ether oxygens (including phenoxy) is 3. The van der Waals surface area contributed by atoms with E-state index in [0.717, 1.165) is 28.7 Å². The van der Waals surface area contributed by atoms with Gasteiger partial charge in [-0.05, 0) is 53.6 Å². The molecule has 0 aromatic heterocycles. The Kier molecular flexibility index (Phi) is 8.26. The number of fused-ring (bicyclic) bond motifs is 1. The fourth-order valence-corrected chi connectivity index (χ4v) is 4.51. The zero-order valence-electron chi connectivity index (χ0n) is 21.1. The van der Waals surface area contributed by atoms with E-state index in [4.69, 9.17) is 14.2 Å². The Balaban J connectivity index is 1.71. The minimum Gasteiger partial charge on any atom is -0.482 e. The van der Waals surface area contributed by atoms with Gasteiger partial charge in [0, 0.05) is 12.1 Å². The summed E-state index contributed by atoms with van der Waals surface area (Å²) in [5.41, 5.74) is 5.09. The Morgan fingerprint density at radius 2 is 1.69 bits per heavy atom. The van der Waals surface area contributed by atoms with Crippen LogP contribution in [0.1, 0.15) is 60.5 Å². The van der Waals surface area contributed by atoms with Crippen molar-refractivity contribution in [2.45, 2.75) is 45.8 Å². The van der Waals surface area contributed by atoms with E-state index in [0.29, 0.717) is 18.9 Å². The van der Waals surface area contributed by atoms with Crippen LogP contribution in [0, 0.1) is 0 Å². The molecule has 3 aromatic rings. The minimum atomic E-state index is -0.431. The first-order valence-corrected chi connectivity index (χ1v) is 12.4. The summed E-state index contributed by atoms with van der Waals surface area (Å²) in [5.74, 6) is 0.398. The zero-order valence-corrected chi connectivity index (χ0v) is 21.1. The predicted octanol–water partition coefficient (Wildman–Crippen LogP) is 6.04. The lowest BCUT2D eigenvalue weighted by Crippen LogP contribution is -2.41. The topological polar surface area (TPSA) is 65.1 Å². The van der Waals surface area contributed by atoms with Crippen molar-refractivity contribution in [1.82, 2.24) is 4.90 Å². The van der Waals surface area contributed by atoms with E-state index in [1.807, 2.05) is 60.7 Å². The second kappa shape index (κ2) is 11.8. The van der Waals surface area contributed by atoms with Crippen molar-refractivity contribution in [2.24, 2.45) is 0 Å². The fraction of sp³-hybridized carbons (Fsp3) is 0.333. The van der Waals surface area contributed by atoms with Crippen molar-refractivity contribution < 1.29 is 23.8 Å². The molecule has 1 aliphatic rings. The number of carbonyl (C=O) groups is 2. The average Bonchev–Trinajstić information content (AvgIpc) is 2.90. The van der Waals surface area contributed by atoms with Crippen molar-refractivity contribution in [2.75, 3.05) is 19.8 Å². The summed E-state index contributed by atoms with van der Waals surface area (Å²) in [5, 5.41) is 0. The smallest absolute Gasteiger partial charge is 0.410 e. The van der Waals surface area contributed by atoms with E-state index in [1.54, 1.807) is 11.8 Å². The summed E-state index contributed by atoms with van der Waals surface area (Å²) in [6.45, 7) is 6.81. The average molecular weight is 488 g/mol. The second-order valence-electron chi connectivity index (χ2n) is 9.13. The summed E-state index contributed by atoms with van der Waals surface area (Å²) in [6, 6.07) is 23.4. The van der Waals surface area contributed by atoms with Gasteiger partial charge < -0.3 is 14.2 Å². The molecule has 1 unspecified atom stereocenters. The van der Waals surface area contributed by atoms with Crippen LogP contribution in [0.25, 0.3) is 0 Å². The molecule has 188 valence electrons. The maximum atomic E-state index is 13.4. The number of benzene rings is 3. The molecule has 1 heterocycles. The van der Waals surface area contributed by atoms with Crippen LogP contribution in [-0.4, -0.2) is 36.7 Å². The summed E-state index contributed by atoms with van der Waals surface area (Å²) in [7, 11) is 0. The van der Waals surface area contributed by atoms with Crippen LogP contribution in [0.3, 0.4) is 0 Å². The molecule has 0 bridgehead atoms. The highest BCUT2D eigenvalue weighted by molar-refractivity contribution is 5.72. The molecule has 0 radical (unpaired) electrons. The highest BCUT2D eigenvalue weighted by Gasteiger charge is 2.35. The van der Waals surface area contributed by atoms with Gasteiger partial charge in [0.15, 0.2) is 6.61 Å². The standard InChI is InChI=1S/C30H33NO5/c1-4-34-28(32)20-35-27-15-14-24(21(2)3)18-26(27)29-25-13-9-8-12-23(25)16-17-31(29)30(33)36-19-22-10-6-5-7-11-22/h5-15,18,21,29H,4,16-17,19-20H2,1-3H3. The molecule has 1 aliphatic heterocycles. The van der Waals surface area contributed by atoms with E-state index < -0.39 is 12.0 Å². The number of rotatable bonds is 8. The molecule has 36 heavy (non-hydrogen) atoms. The van der Waals surface area contributed by atoms with Gasteiger partial charge in [-0.1, -0.05) is 74.5 Å². The van der Waals surface area contributed by atoms with Crippen LogP contribution in [0.2, 0.25) is 0 Å². The van der Waals surface area contributed by atoms with Crippen LogP contribution in [0.4, 0.5) is 4.79 Å². The zero-order chi connectivity index (χ0) is 25.5. The molecule has 6 heteroatoms. The Bertz CT molecular complexity index is 1190. The number of esters is 1. The lowest BCUT2D eigenvalue weighted by atomic mass is 9.86. The third-order valence-electron chi connectivity index (χ3n) is 6.37. The first kappa shape index (κ1) is 25.3. The van der Waals surface area contributed by atoms with Gasteiger partial charge in [-0.25, -0.2) is 9.59 Å². The molecule has 0 saturated carbocycles. The van der Waals surface area contributed by atoms with Gasteiger partial charge in [-0.3, -0.25) is 4.90 Å².